The van der Waals surface area contributed by atoms with Gasteiger partial charge in [0.1, 0.15) is 18.2 Å². The van der Waals surface area contributed by atoms with Crippen molar-refractivity contribution in [1.29, 1.82) is 0 Å². The molecule has 2 heterocycles. The molecule has 1 saturated carbocycles. The van der Waals surface area contributed by atoms with E-state index in [1.54, 1.807) is 0 Å². The highest BCUT2D eigenvalue weighted by Crippen LogP contribution is 2.28. The Morgan fingerprint density at radius 3 is 3.00 bits per heavy atom. The lowest BCUT2D eigenvalue weighted by Crippen LogP contribution is -2.44. The predicted molar refractivity (Wildman–Crippen MR) is 77.5 cm³/mol. The molecular weight excluding hydrogens is 268 g/mol. The van der Waals surface area contributed by atoms with Crippen LogP contribution in [0.2, 0.25) is 0 Å². The van der Waals surface area contributed by atoms with Crippen molar-refractivity contribution in [3.63, 3.8) is 0 Å². The van der Waals surface area contributed by atoms with E-state index >= 15 is 0 Å². The summed E-state index contributed by atoms with van der Waals surface area (Å²) >= 11 is 0. The molecule has 3 rings (SSSR count). The highest BCUT2D eigenvalue weighted by atomic mass is 16.5. The Kier molecular flexibility index (Phi) is 4.85. The van der Waals surface area contributed by atoms with E-state index in [9.17, 15) is 4.79 Å². The van der Waals surface area contributed by atoms with Gasteiger partial charge < -0.3 is 9.64 Å². The van der Waals surface area contributed by atoms with Crippen molar-refractivity contribution in [2.75, 3.05) is 19.8 Å². The summed E-state index contributed by atoms with van der Waals surface area (Å²) in [4.78, 5) is 18.6. The van der Waals surface area contributed by atoms with E-state index in [2.05, 4.69) is 15.2 Å². The maximum atomic E-state index is 12.6. The Labute approximate surface area is 125 Å². The normalized spacial score (nSPS) is 24.2. The predicted octanol–water partition coefficient (Wildman–Crippen LogP) is 2.07. The fourth-order valence-corrected chi connectivity index (χ4v) is 3.45. The lowest BCUT2D eigenvalue weighted by atomic mass is 9.86. The molecule has 21 heavy (non-hydrogen) atoms. The number of hydrogen-bond acceptors (Lipinski definition) is 4. The van der Waals surface area contributed by atoms with E-state index in [0.29, 0.717) is 26.2 Å². The number of amides is 1. The second-order valence-corrected chi connectivity index (χ2v) is 6.09. The van der Waals surface area contributed by atoms with Gasteiger partial charge in [0, 0.05) is 13.0 Å². The van der Waals surface area contributed by atoms with Gasteiger partial charge in [0.15, 0.2) is 0 Å². The quantitative estimate of drug-likeness (QED) is 0.922. The van der Waals surface area contributed by atoms with Crippen LogP contribution in [0.4, 0.5) is 0 Å². The molecular formula is C15H24N4O2. The maximum absolute atomic E-state index is 12.6. The highest BCUT2D eigenvalue weighted by molar-refractivity contribution is 5.76. The summed E-state index contributed by atoms with van der Waals surface area (Å²) in [6, 6.07) is -0.111. The van der Waals surface area contributed by atoms with Crippen LogP contribution in [0.25, 0.3) is 0 Å². The molecule has 0 aromatic carbocycles. The molecule has 0 spiro atoms. The summed E-state index contributed by atoms with van der Waals surface area (Å²) in [5, 5.41) is 6.74. The number of aromatic amines is 1. The zero-order chi connectivity index (χ0) is 14.5. The SMILES string of the molecule is O=C(CCC1CCCCC1)N1CCOCC1c1ncn[nH]1. The first kappa shape index (κ1) is 14.5. The summed E-state index contributed by atoms with van der Waals surface area (Å²) in [6.07, 6.45) is 9.77. The zero-order valence-electron chi connectivity index (χ0n) is 12.5. The number of nitrogens with one attached hydrogen (secondary N) is 1. The number of carbonyl (C=O) groups is 1. The average molecular weight is 292 g/mol. The second kappa shape index (κ2) is 7.02. The summed E-state index contributed by atoms with van der Waals surface area (Å²) < 4.78 is 5.50. The number of aromatic nitrogens is 3. The fraction of sp³-hybridized carbons (Fsp3) is 0.800. The summed E-state index contributed by atoms with van der Waals surface area (Å²) in [5.41, 5.74) is 0. The highest BCUT2D eigenvalue weighted by Gasteiger charge is 2.30. The van der Waals surface area contributed by atoms with Gasteiger partial charge in [-0.05, 0) is 12.3 Å². The lowest BCUT2D eigenvalue weighted by molar-refractivity contribution is -0.140. The summed E-state index contributed by atoms with van der Waals surface area (Å²) in [6.45, 7) is 1.76. The van der Waals surface area contributed by atoms with E-state index < -0.39 is 0 Å². The Morgan fingerprint density at radius 1 is 1.38 bits per heavy atom. The van der Waals surface area contributed by atoms with Crippen molar-refractivity contribution in [2.45, 2.75) is 51.0 Å². The number of H-pyrrole nitrogens is 1. The van der Waals surface area contributed by atoms with E-state index in [0.717, 1.165) is 18.2 Å². The molecule has 1 aliphatic heterocycles. The van der Waals surface area contributed by atoms with Gasteiger partial charge in [0.2, 0.25) is 5.91 Å². The van der Waals surface area contributed by atoms with Crippen molar-refractivity contribution in [1.82, 2.24) is 20.1 Å². The Balaban J connectivity index is 1.56. The molecule has 6 heteroatoms. The molecule has 1 aliphatic carbocycles. The molecule has 1 aromatic heterocycles. The molecule has 1 N–H and O–H groups in total. The van der Waals surface area contributed by atoms with Gasteiger partial charge >= 0.3 is 0 Å². The molecule has 1 amide bonds. The van der Waals surface area contributed by atoms with Crippen molar-refractivity contribution in [2.24, 2.45) is 5.92 Å². The molecule has 0 radical (unpaired) electrons. The van der Waals surface area contributed by atoms with E-state index in [-0.39, 0.29) is 11.9 Å². The number of hydrogen-bond donors (Lipinski definition) is 1. The minimum absolute atomic E-state index is 0.111. The monoisotopic (exact) mass is 292 g/mol. The summed E-state index contributed by atoms with van der Waals surface area (Å²) in [5.74, 6) is 1.69. The Bertz CT molecular complexity index is 443. The molecule has 0 bridgehead atoms. The number of nitrogens with zero attached hydrogens (tertiary/aromatic N) is 3. The third-order valence-corrected chi connectivity index (χ3v) is 4.69. The number of carbonyl (C=O) groups excluding carboxylic acids is 1. The first-order valence-electron chi connectivity index (χ1n) is 8.07. The van der Waals surface area contributed by atoms with Crippen LogP contribution in [0.3, 0.4) is 0 Å². The Morgan fingerprint density at radius 2 is 2.24 bits per heavy atom. The lowest BCUT2D eigenvalue weighted by Gasteiger charge is -2.34. The van der Waals surface area contributed by atoms with Gasteiger partial charge in [-0.25, -0.2) is 4.98 Å². The van der Waals surface area contributed by atoms with Crippen molar-refractivity contribution < 1.29 is 9.53 Å². The van der Waals surface area contributed by atoms with Crippen LogP contribution in [0.15, 0.2) is 6.33 Å². The molecule has 6 nitrogen and oxygen atoms in total. The largest absolute Gasteiger partial charge is 0.377 e. The van der Waals surface area contributed by atoms with Gasteiger partial charge in [-0.15, -0.1) is 0 Å². The number of ether oxygens (including phenoxy) is 1. The minimum Gasteiger partial charge on any atom is -0.377 e. The first-order chi connectivity index (χ1) is 10.3. The fourth-order valence-electron chi connectivity index (χ4n) is 3.45. The molecule has 116 valence electrons. The molecule has 1 saturated heterocycles. The van der Waals surface area contributed by atoms with Crippen LogP contribution in [-0.2, 0) is 9.53 Å². The van der Waals surface area contributed by atoms with Gasteiger partial charge in [-0.3, -0.25) is 9.89 Å². The standard InChI is InChI=1S/C15H24N4O2/c20-14(7-6-12-4-2-1-3-5-12)19-8-9-21-10-13(19)15-16-11-17-18-15/h11-13H,1-10H2,(H,16,17,18). The maximum Gasteiger partial charge on any atom is 0.223 e. The van der Waals surface area contributed by atoms with Gasteiger partial charge in [0.25, 0.3) is 0 Å². The van der Waals surface area contributed by atoms with Crippen LogP contribution >= 0.6 is 0 Å². The van der Waals surface area contributed by atoms with E-state index in [4.69, 9.17) is 4.74 Å². The Hall–Kier alpha value is -1.43. The van der Waals surface area contributed by atoms with Crippen LogP contribution in [0.5, 0.6) is 0 Å². The topological polar surface area (TPSA) is 71.1 Å². The zero-order valence-corrected chi connectivity index (χ0v) is 12.5. The van der Waals surface area contributed by atoms with Crippen molar-refractivity contribution in [3.05, 3.63) is 12.2 Å². The van der Waals surface area contributed by atoms with Crippen LogP contribution in [0, 0.1) is 5.92 Å². The molecule has 2 aliphatic rings. The number of morpholine rings is 1. The third kappa shape index (κ3) is 3.61. The summed E-state index contributed by atoms with van der Waals surface area (Å²) in [7, 11) is 0. The molecule has 2 fully saturated rings. The molecule has 1 unspecified atom stereocenters. The van der Waals surface area contributed by atoms with Crippen molar-refractivity contribution in [3.8, 4) is 0 Å². The van der Waals surface area contributed by atoms with Crippen LogP contribution in [0.1, 0.15) is 56.8 Å². The first-order valence-corrected chi connectivity index (χ1v) is 8.07. The average Bonchev–Trinajstić information content (AvgIpc) is 3.08. The van der Waals surface area contributed by atoms with Crippen LogP contribution < -0.4 is 0 Å². The minimum atomic E-state index is -0.111. The number of rotatable bonds is 4. The van der Waals surface area contributed by atoms with Gasteiger partial charge in [-0.2, -0.15) is 5.10 Å². The van der Waals surface area contributed by atoms with E-state index in [1.165, 1.54) is 38.4 Å². The van der Waals surface area contributed by atoms with Crippen LogP contribution in [-0.4, -0.2) is 45.7 Å². The van der Waals surface area contributed by atoms with E-state index in [1.807, 2.05) is 4.90 Å². The van der Waals surface area contributed by atoms with Gasteiger partial charge in [-0.1, -0.05) is 32.1 Å². The smallest absolute Gasteiger partial charge is 0.223 e. The second-order valence-electron chi connectivity index (χ2n) is 6.09. The van der Waals surface area contributed by atoms with Gasteiger partial charge in [0.05, 0.1) is 13.2 Å². The van der Waals surface area contributed by atoms with Crippen molar-refractivity contribution >= 4 is 5.91 Å². The molecule has 1 atom stereocenters. The third-order valence-electron chi connectivity index (χ3n) is 4.69. The molecule has 1 aromatic rings.